The molecule has 7 nitrogen and oxygen atoms in total. The average Bonchev–Trinajstić information content (AvgIpc) is 3.09. The predicted octanol–water partition coefficient (Wildman–Crippen LogP) is 1.82. The highest BCUT2D eigenvalue weighted by Gasteiger charge is 2.32. The van der Waals surface area contributed by atoms with Gasteiger partial charge in [0.05, 0.1) is 18.2 Å². The summed E-state index contributed by atoms with van der Waals surface area (Å²) in [5.41, 5.74) is 1.59. The number of rotatable bonds is 5. The molecular formula is C19H24N4O3S. The van der Waals surface area contributed by atoms with Crippen LogP contribution in [0.5, 0.6) is 0 Å². The summed E-state index contributed by atoms with van der Waals surface area (Å²) in [5, 5.41) is 9.81. The molecule has 0 spiro atoms. The molecule has 1 aliphatic heterocycles. The molecule has 1 atom stereocenters. The van der Waals surface area contributed by atoms with Crippen LogP contribution < -0.4 is 0 Å². The molecule has 1 fully saturated rings. The van der Waals surface area contributed by atoms with Crippen LogP contribution >= 0.6 is 11.3 Å². The second-order valence-corrected chi connectivity index (χ2v) is 7.75. The van der Waals surface area contributed by atoms with Gasteiger partial charge in [0.2, 0.25) is 5.91 Å². The summed E-state index contributed by atoms with van der Waals surface area (Å²) in [6.45, 7) is 3.14. The summed E-state index contributed by atoms with van der Waals surface area (Å²) >= 11 is 1.37. The van der Waals surface area contributed by atoms with Crippen molar-refractivity contribution >= 4 is 23.2 Å². The Morgan fingerprint density at radius 3 is 2.96 bits per heavy atom. The Morgan fingerprint density at radius 2 is 2.26 bits per heavy atom. The number of likely N-dealkylation sites (N-methyl/N-ethyl adjacent to an activating group) is 1. The highest BCUT2D eigenvalue weighted by molar-refractivity contribution is 7.17. The Bertz CT molecular complexity index is 809. The average molecular weight is 388 g/mol. The number of aliphatic hydroxyl groups excluding tert-OH is 1. The summed E-state index contributed by atoms with van der Waals surface area (Å²) in [4.78, 5) is 38.1. The SMILES string of the molecule is Cc1nc(-c2cccnc2)sc1C(=O)N1CCCC(C(=O)N(C)CCO)C1. The Labute approximate surface area is 162 Å². The number of amides is 2. The number of aromatic nitrogens is 2. The van der Waals surface area contributed by atoms with Crippen LogP contribution in [0.15, 0.2) is 24.5 Å². The highest BCUT2D eigenvalue weighted by Crippen LogP contribution is 2.29. The summed E-state index contributed by atoms with van der Waals surface area (Å²) in [6.07, 6.45) is 5.00. The number of piperidine rings is 1. The lowest BCUT2D eigenvalue weighted by Crippen LogP contribution is -2.46. The van der Waals surface area contributed by atoms with Crippen LogP contribution in [0.1, 0.15) is 28.2 Å². The van der Waals surface area contributed by atoms with Gasteiger partial charge in [-0.2, -0.15) is 0 Å². The molecule has 3 heterocycles. The van der Waals surface area contributed by atoms with E-state index in [4.69, 9.17) is 5.11 Å². The van der Waals surface area contributed by atoms with Gasteiger partial charge in [0.1, 0.15) is 9.88 Å². The van der Waals surface area contributed by atoms with Crippen molar-refractivity contribution < 1.29 is 14.7 Å². The molecule has 3 rings (SSSR count). The summed E-state index contributed by atoms with van der Waals surface area (Å²) in [6, 6.07) is 3.77. The maximum atomic E-state index is 13.0. The predicted molar refractivity (Wildman–Crippen MR) is 103 cm³/mol. The first-order valence-corrected chi connectivity index (χ1v) is 9.86. The number of hydrogen-bond acceptors (Lipinski definition) is 6. The third-order valence-electron chi connectivity index (χ3n) is 4.77. The molecule has 0 radical (unpaired) electrons. The minimum Gasteiger partial charge on any atom is -0.395 e. The number of pyridine rings is 1. The van der Waals surface area contributed by atoms with E-state index in [1.165, 1.54) is 16.2 Å². The van der Waals surface area contributed by atoms with E-state index >= 15 is 0 Å². The lowest BCUT2D eigenvalue weighted by molar-refractivity contribution is -0.136. The molecule has 144 valence electrons. The standard InChI is InChI=1S/C19H24N4O3S/c1-13-16(27-17(21-13)14-5-3-7-20-11-14)19(26)23-8-4-6-15(12-23)18(25)22(2)9-10-24/h3,5,7,11,15,24H,4,6,8-10,12H2,1-2H3. The Hall–Kier alpha value is -2.32. The van der Waals surface area contributed by atoms with Crippen LogP contribution in [-0.4, -0.2) is 70.0 Å². The summed E-state index contributed by atoms with van der Waals surface area (Å²) in [5.74, 6) is -0.300. The maximum absolute atomic E-state index is 13.0. The smallest absolute Gasteiger partial charge is 0.265 e. The molecule has 0 saturated carbocycles. The first-order chi connectivity index (χ1) is 13.0. The molecule has 27 heavy (non-hydrogen) atoms. The number of thiazole rings is 1. The van der Waals surface area contributed by atoms with E-state index in [9.17, 15) is 9.59 Å². The van der Waals surface area contributed by atoms with Crippen LogP contribution in [0.25, 0.3) is 10.6 Å². The van der Waals surface area contributed by atoms with Crippen molar-refractivity contribution in [3.8, 4) is 10.6 Å². The third kappa shape index (κ3) is 4.33. The number of likely N-dealkylation sites (tertiary alicyclic amines) is 1. The lowest BCUT2D eigenvalue weighted by atomic mass is 9.96. The molecule has 2 aromatic heterocycles. The molecule has 1 N–H and O–H groups in total. The minimum atomic E-state index is -0.217. The molecule has 1 unspecified atom stereocenters. The molecule has 0 aliphatic carbocycles. The van der Waals surface area contributed by atoms with E-state index in [1.54, 1.807) is 24.3 Å². The zero-order valence-corrected chi connectivity index (χ0v) is 16.4. The van der Waals surface area contributed by atoms with Gasteiger partial charge in [0.15, 0.2) is 0 Å². The van der Waals surface area contributed by atoms with Gasteiger partial charge in [0, 0.05) is 44.6 Å². The van der Waals surface area contributed by atoms with E-state index in [-0.39, 0.29) is 24.3 Å². The van der Waals surface area contributed by atoms with E-state index < -0.39 is 0 Å². The first kappa shape index (κ1) is 19.4. The van der Waals surface area contributed by atoms with Crippen molar-refractivity contribution in [3.05, 3.63) is 35.1 Å². The van der Waals surface area contributed by atoms with Gasteiger partial charge in [-0.15, -0.1) is 11.3 Å². The van der Waals surface area contributed by atoms with Crippen LogP contribution in [0.4, 0.5) is 0 Å². The molecule has 8 heteroatoms. The van der Waals surface area contributed by atoms with Gasteiger partial charge >= 0.3 is 0 Å². The monoisotopic (exact) mass is 388 g/mol. The van der Waals surface area contributed by atoms with E-state index in [2.05, 4.69) is 9.97 Å². The second-order valence-electron chi connectivity index (χ2n) is 6.75. The minimum absolute atomic E-state index is 0.0152. The van der Waals surface area contributed by atoms with Crippen LogP contribution in [0, 0.1) is 12.8 Å². The molecule has 0 bridgehead atoms. The lowest BCUT2D eigenvalue weighted by Gasteiger charge is -2.33. The Balaban J connectivity index is 1.74. The van der Waals surface area contributed by atoms with Crippen molar-refractivity contribution in [1.82, 2.24) is 19.8 Å². The van der Waals surface area contributed by atoms with E-state index in [1.807, 2.05) is 19.1 Å². The van der Waals surface area contributed by atoms with Gasteiger partial charge in [0.25, 0.3) is 5.91 Å². The summed E-state index contributed by atoms with van der Waals surface area (Å²) in [7, 11) is 1.69. The Kier molecular flexibility index (Phi) is 6.18. The second kappa shape index (κ2) is 8.58. The van der Waals surface area contributed by atoms with Gasteiger partial charge in [-0.3, -0.25) is 14.6 Å². The van der Waals surface area contributed by atoms with Crippen LogP contribution in [0.2, 0.25) is 0 Å². The quantitative estimate of drug-likeness (QED) is 0.844. The first-order valence-electron chi connectivity index (χ1n) is 9.04. The highest BCUT2D eigenvalue weighted by atomic mass is 32.1. The van der Waals surface area contributed by atoms with E-state index in [0.29, 0.717) is 30.2 Å². The normalized spacial score (nSPS) is 17.0. The molecule has 2 amide bonds. The van der Waals surface area contributed by atoms with Crippen molar-refractivity contribution in [2.24, 2.45) is 5.92 Å². The number of hydrogen-bond donors (Lipinski definition) is 1. The number of carbonyl (C=O) groups excluding carboxylic acids is 2. The van der Waals surface area contributed by atoms with Crippen LogP contribution in [0.3, 0.4) is 0 Å². The van der Waals surface area contributed by atoms with Gasteiger partial charge in [-0.05, 0) is 31.9 Å². The van der Waals surface area contributed by atoms with Gasteiger partial charge in [-0.25, -0.2) is 4.98 Å². The number of carbonyl (C=O) groups is 2. The fourth-order valence-electron chi connectivity index (χ4n) is 3.29. The molecule has 0 aromatic carbocycles. The van der Waals surface area contributed by atoms with Crippen molar-refractivity contribution in [3.63, 3.8) is 0 Å². The topological polar surface area (TPSA) is 86.6 Å². The summed E-state index contributed by atoms with van der Waals surface area (Å²) < 4.78 is 0. The van der Waals surface area contributed by atoms with Crippen LogP contribution in [-0.2, 0) is 4.79 Å². The van der Waals surface area contributed by atoms with Gasteiger partial charge in [-0.1, -0.05) is 0 Å². The maximum Gasteiger partial charge on any atom is 0.265 e. The zero-order valence-electron chi connectivity index (χ0n) is 15.6. The molecule has 1 aliphatic rings. The fourth-order valence-corrected chi connectivity index (χ4v) is 4.31. The number of nitrogens with zero attached hydrogens (tertiary/aromatic N) is 4. The number of aliphatic hydroxyl groups is 1. The molecule has 2 aromatic rings. The van der Waals surface area contributed by atoms with Crippen molar-refractivity contribution in [2.75, 3.05) is 33.3 Å². The Morgan fingerprint density at radius 1 is 1.44 bits per heavy atom. The number of aryl methyl sites for hydroxylation is 1. The third-order valence-corrected chi connectivity index (χ3v) is 5.96. The zero-order chi connectivity index (χ0) is 19.4. The van der Waals surface area contributed by atoms with Crippen molar-refractivity contribution in [2.45, 2.75) is 19.8 Å². The van der Waals surface area contributed by atoms with Crippen molar-refractivity contribution in [1.29, 1.82) is 0 Å². The fraction of sp³-hybridized carbons (Fsp3) is 0.474. The largest absolute Gasteiger partial charge is 0.395 e. The van der Waals surface area contributed by atoms with E-state index in [0.717, 1.165) is 23.4 Å². The van der Waals surface area contributed by atoms with Gasteiger partial charge < -0.3 is 14.9 Å². The molecular weight excluding hydrogens is 364 g/mol. The molecule has 1 saturated heterocycles.